The number of aromatic amines is 1. The molecule has 4 rings (SSSR count). The molecule has 0 spiro atoms. The van der Waals surface area contributed by atoms with Crippen molar-refractivity contribution in [3.05, 3.63) is 40.2 Å². The van der Waals surface area contributed by atoms with Gasteiger partial charge in [-0.25, -0.2) is 9.97 Å². The van der Waals surface area contributed by atoms with Crippen LogP contribution >= 0.6 is 0 Å². The molecule has 7 heteroatoms. The minimum atomic E-state index is 0.00732. The van der Waals surface area contributed by atoms with Crippen LogP contribution < -0.4 is 0 Å². The Morgan fingerprint density at radius 2 is 2.19 bits per heavy atom. The summed E-state index contributed by atoms with van der Waals surface area (Å²) in [5.41, 5.74) is 4.95. The number of likely N-dealkylation sites (tertiary alicyclic amines) is 1. The monoisotopic (exact) mass is 354 g/mol. The summed E-state index contributed by atoms with van der Waals surface area (Å²) in [5, 5.41) is 7.40. The van der Waals surface area contributed by atoms with Crippen molar-refractivity contribution in [3.8, 4) is 0 Å². The number of carbonyl (C=O) groups is 1. The van der Waals surface area contributed by atoms with Gasteiger partial charge in [0.05, 0.1) is 11.7 Å². The molecule has 3 heterocycles. The Labute approximate surface area is 153 Å². The molecule has 1 aliphatic heterocycles. The lowest BCUT2D eigenvalue weighted by molar-refractivity contribution is 0.0724. The highest BCUT2D eigenvalue weighted by molar-refractivity contribution is 5.94. The average Bonchev–Trinajstić information content (AvgIpc) is 3.31. The Morgan fingerprint density at radius 1 is 1.35 bits per heavy atom. The van der Waals surface area contributed by atoms with E-state index in [0.717, 1.165) is 73.5 Å². The van der Waals surface area contributed by atoms with Gasteiger partial charge in [0.15, 0.2) is 5.69 Å². The predicted molar refractivity (Wildman–Crippen MR) is 97.8 cm³/mol. The molecule has 0 aromatic carbocycles. The smallest absolute Gasteiger partial charge is 0.275 e. The number of nitrogens with zero attached hydrogens (tertiary/aromatic N) is 5. The number of carbonyl (C=O) groups excluding carboxylic acids is 1. The first-order valence-corrected chi connectivity index (χ1v) is 9.39. The van der Waals surface area contributed by atoms with E-state index in [-0.39, 0.29) is 11.9 Å². The first kappa shape index (κ1) is 17.1. The van der Waals surface area contributed by atoms with Crippen LogP contribution in [0.2, 0.25) is 0 Å². The summed E-state index contributed by atoms with van der Waals surface area (Å²) in [7, 11) is 4.07. The third-order valence-corrected chi connectivity index (χ3v) is 5.34. The number of fused-ring (bicyclic) bond motifs is 1. The number of rotatable bonds is 4. The van der Waals surface area contributed by atoms with Crippen LogP contribution in [0.1, 0.15) is 64.1 Å². The predicted octanol–water partition coefficient (Wildman–Crippen LogP) is 2.04. The fraction of sp³-hybridized carbons (Fsp3) is 0.579. The minimum Gasteiger partial charge on any atom is -0.329 e. The van der Waals surface area contributed by atoms with Crippen LogP contribution in [0.15, 0.2) is 6.20 Å². The molecule has 2 aromatic heterocycles. The van der Waals surface area contributed by atoms with Gasteiger partial charge in [0.25, 0.3) is 5.91 Å². The van der Waals surface area contributed by atoms with Gasteiger partial charge in [-0.05, 0) is 53.1 Å². The lowest BCUT2D eigenvalue weighted by atomic mass is 10.0. The van der Waals surface area contributed by atoms with E-state index >= 15 is 0 Å². The highest BCUT2D eigenvalue weighted by Crippen LogP contribution is 2.35. The van der Waals surface area contributed by atoms with Crippen molar-refractivity contribution in [1.29, 1.82) is 0 Å². The first-order valence-electron chi connectivity index (χ1n) is 9.39. The van der Waals surface area contributed by atoms with E-state index in [9.17, 15) is 4.79 Å². The molecule has 1 atom stereocenters. The zero-order valence-electron chi connectivity index (χ0n) is 15.7. The van der Waals surface area contributed by atoms with Gasteiger partial charge < -0.3 is 9.80 Å². The number of hydrogen-bond donors (Lipinski definition) is 1. The summed E-state index contributed by atoms with van der Waals surface area (Å²) >= 11 is 0. The molecule has 2 aromatic rings. The largest absolute Gasteiger partial charge is 0.329 e. The van der Waals surface area contributed by atoms with Crippen molar-refractivity contribution in [1.82, 2.24) is 30.0 Å². The van der Waals surface area contributed by atoms with E-state index in [4.69, 9.17) is 4.98 Å². The molecule has 26 heavy (non-hydrogen) atoms. The molecule has 0 unspecified atom stereocenters. The summed E-state index contributed by atoms with van der Waals surface area (Å²) in [6, 6.07) is 0.00732. The van der Waals surface area contributed by atoms with Crippen molar-refractivity contribution < 1.29 is 4.79 Å². The topological polar surface area (TPSA) is 78.0 Å². The molecule has 1 aliphatic carbocycles. The van der Waals surface area contributed by atoms with Crippen LogP contribution in [-0.2, 0) is 19.4 Å². The second kappa shape index (κ2) is 6.79. The fourth-order valence-electron chi connectivity index (χ4n) is 4.19. The molecule has 1 fully saturated rings. The molecule has 0 radical (unpaired) electrons. The van der Waals surface area contributed by atoms with E-state index < -0.39 is 0 Å². The van der Waals surface area contributed by atoms with Crippen LogP contribution in [0.3, 0.4) is 0 Å². The lowest BCUT2D eigenvalue weighted by Crippen LogP contribution is -2.33. The number of nitrogens with one attached hydrogen (secondary N) is 1. The van der Waals surface area contributed by atoms with Gasteiger partial charge in [0.2, 0.25) is 0 Å². The van der Waals surface area contributed by atoms with Gasteiger partial charge >= 0.3 is 0 Å². The number of aryl methyl sites for hydroxylation is 2. The number of aromatic nitrogens is 4. The Hall–Kier alpha value is -2.28. The second-order valence-corrected chi connectivity index (χ2v) is 7.60. The van der Waals surface area contributed by atoms with E-state index in [2.05, 4.69) is 20.1 Å². The summed E-state index contributed by atoms with van der Waals surface area (Å²) < 4.78 is 0. The first-order chi connectivity index (χ1) is 12.5. The average molecular weight is 354 g/mol. The normalized spacial score (nSPS) is 19.4. The molecule has 1 saturated heterocycles. The van der Waals surface area contributed by atoms with Crippen LogP contribution in [0, 0.1) is 6.92 Å². The zero-order chi connectivity index (χ0) is 18.3. The minimum absolute atomic E-state index is 0.00732. The van der Waals surface area contributed by atoms with Crippen molar-refractivity contribution in [2.75, 3.05) is 20.6 Å². The van der Waals surface area contributed by atoms with E-state index in [1.54, 1.807) is 0 Å². The Balaban J connectivity index is 1.66. The summed E-state index contributed by atoms with van der Waals surface area (Å²) in [6.07, 6.45) is 6.89. The highest BCUT2D eigenvalue weighted by Gasteiger charge is 2.36. The maximum absolute atomic E-state index is 13.3. The molecular weight excluding hydrogens is 328 g/mol. The molecule has 0 bridgehead atoms. The second-order valence-electron chi connectivity index (χ2n) is 7.60. The van der Waals surface area contributed by atoms with Gasteiger partial charge in [-0.15, -0.1) is 0 Å². The molecule has 7 nitrogen and oxygen atoms in total. The molecule has 1 N–H and O–H groups in total. The molecule has 2 aliphatic rings. The van der Waals surface area contributed by atoms with Crippen LogP contribution in [0.25, 0.3) is 0 Å². The van der Waals surface area contributed by atoms with Gasteiger partial charge in [0.1, 0.15) is 5.82 Å². The summed E-state index contributed by atoms with van der Waals surface area (Å²) in [4.78, 5) is 26.4. The van der Waals surface area contributed by atoms with Gasteiger partial charge in [-0.2, -0.15) is 5.10 Å². The Bertz CT molecular complexity index is 827. The highest BCUT2D eigenvalue weighted by atomic mass is 16.2. The molecule has 1 amide bonds. The number of amides is 1. The molecule has 0 saturated carbocycles. The van der Waals surface area contributed by atoms with Gasteiger partial charge in [-0.3, -0.25) is 9.89 Å². The lowest BCUT2D eigenvalue weighted by Gasteiger charge is -2.26. The van der Waals surface area contributed by atoms with E-state index in [1.807, 2.05) is 32.1 Å². The maximum Gasteiger partial charge on any atom is 0.275 e. The van der Waals surface area contributed by atoms with Gasteiger partial charge in [-0.1, -0.05) is 0 Å². The SMILES string of the molecule is Cc1ncc(CN(C)C)c([C@H]2CCCN2C(=O)c2n[nH]c3c2CCC3)n1. The van der Waals surface area contributed by atoms with Crippen LogP contribution in [0.4, 0.5) is 0 Å². The standard InChI is InChI=1S/C19H26N6O/c1-12-20-10-13(11-24(2)3)17(21-12)16-8-5-9-25(16)19(26)18-14-6-4-7-15(14)22-23-18/h10,16H,4-9,11H2,1-3H3,(H,22,23)/t16-/m1/s1. The third kappa shape index (κ3) is 3.00. The van der Waals surface area contributed by atoms with Crippen molar-refractivity contribution >= 4 is 5.91 Å². The van der Waals surface area contributed by atoms with Crippen molar-refractivity contribution in [2.45, 2.75) is 51.6 Å². The third-order valence-electron chi connectivity index (χ3n) is 5.34. The molecule has 138 valence electrons. The van der Waals surface area contributed by atoms with Crippen LogP contribution in [0.5, 0.6) is 0 Å². The zero-order valence-corrected chi connectivity index (χ0v) is 15.7. The van der Waals surface area contributed by atoms with E-state index in [0.29, 0.717) is 5.69 Å². The molecular formula is C19H26N6O. The van der Waals surface area contributed by atoms with Crippen molar-refractivity contribution in [2.24, 2.45) is 0 Å². The van der Waals surface area contributed by atoms with Gasteiger partial charge in [0, 0.05) is 36.1 Å². The van der Waals surface area contributed by atoms with Crippen LogP contribution in [-0.4, -0.2) is 56.5 Å². The van der Waals surface area contributed by atoms with Crippen molar-refractivity contribution in [3.63, 3.8) is 0 Å². The fourth-order valence-corrected chi connectivity index (χ4v) is 4.19. The van der Waals surface area contributed by atoms with E-state index in [1.165, 1.54) is 0 Å². The Morgan fingerprint density at radius 3 is 3.00 bits per heavy atom. The summed E-state index contributed by atoms with van der Waals surface area (Å²) in [6.45, 7) is 3.44. The summed E-state index contributed by atoms with van der Waals surface area (Å²) in [5.74, 6) is 0.793. The quantitative estimate of drug-likeness (QED) is 0.909. The number of hydrogen-bond acceptors (Lipinski definition) is 5. The number of H-pyrrole nitrogens is 1. The maximum atomic E-state index is 13.3. The Kier molecular flexibility index (Phi) is 4.48.